The summed E-state index contributed by atoms with van der Waals surface area (Å²) in [6.07, 6.45) is 1.49. The first-order valence-electron chi connectivity index (χ1n) is 10.1. The Bertz CT molecular complexity index is 1450. The van der Waals surface area contributed by atoms with E-state index in [4.69, 9.17) is 4.74 Å². The van der Waals surface area contributed by atoms with Crippen LogP contribution in [-0.4, -0.2) is 16.2 Å². The molecular weight excluding hydrogens is 440 g/mol. The average Bonchev–Trinajstić information content (AvgIpc) is 2.85. The van der Waals surface area contributed by atoms with Crippen LogP contribution >= 0.6 is 0 Å². The molecule has 34 heavy (non-hydrogen) atoms. The highest BCUT2D eigenvalue weighted by atomic mass is 19.1. The summed E-state index contributed by atoms with van der Waals surface area (Å²) >= 11 is 0. The number of aromatic nitrogens is 2. The first-order valence-corrected chi connectivity index (χ1v) is 10.1. The zero-order valence-electron chi connectivity index (χ0n) is 17.6. The maximum absolute atomic E-state index is 13.7. The van der Waals surface area contributed by atoms with Gasteiger partial charge in [0.05, 0.1) is 11.9 Å². The van der Waals surface area contributed by atoms with Crippen molar-refractivity contribution < 1.29 is 13.5 Å². The second-order valence-electron chi connectivity index (χ2n) is 7.09. The number of halogens is 2. The van der Waals surface area contributed by atoms with Gasteiger partial charge in [0.25, 0.3) is 5.56 Å². The summed E-state index contributed by atoms with van der Waals surface area (Å²) in [7, 11) is 0. The molecule has 0 atom stereocenters. The minimum absolute atomic E-state index is 0.0282. The number of H-pyrrole nitrogens is 1. The SMILES string of the molecule is N#Cc1c(-c2ccccc2)nc(NN=Cc2cccc(COc3cc(F)ccc3F)c2)[nH]c1=O. The predicted molar refractivity (Wildman–Crippen MR) is 123 cm³/mol. The van der Waals surface area contributed by atoms with Crippen LogP contribution in [0.4, 0.5) is 14.7 Å². The lowest BCUT2D eigenvalue weighted by Gasteiger charge is -2.08. The lowest BCUT2D eigenvalue weighted by molar-refractivity contribution is 0.288. The molecule has 168 valence electrons. The van der Waals surface area contributed by atoms with Crippen molar-refractivity contribution in [3.63, 3.8) is 0 Å². The fourth-order valence-corrected chi connectivity index (χ4v) is 3.11. The van der Waals surface area contributed by atoms with Crippen LogP contribution in [0.2, 0.25) is 0 Å². The molecule has 0 bridgehead atoms. The summed E-state index contributed by atoms with van der Waals surface area (Å²) in [6, 6.07) is 20.8. The number of hydrogen-bond acceptors (Lipinski definition) is 6. The highest BCUT2D eigenvalue weighted by Crippen LogP contribution is 2.20. The van der Waals surface area contributed by atoms with Gasteiger partial charge in [-0.3, -0.25) is 9.78 Å². The number of hydrogen-bond donors (Lipinski definition) is 2. The number of ether oxygens (including phenoxy) is 1. The van der Waals surface area contributed by atoms with Gasteiger partial charge < -0.3 is 4.74 Å². The third-order valence-corrected chi connectivity index (χ3v) is 4.70. The van der Waals surface area contributed by atoms with E-state index in [0.717, 1.165) is 18.2 Å². The Labute approximate surface area is 193 Å². The van der Waals surface area contributed by atoms with Gasteiger partial charge in [-0.15, -0.1) is 0 Å². The van der Waals surface area contributed by atoms with E-state index in [1.54, 1.807) is 48.5 Å². The van der Waals surface area contributed by atoms with Gasteiger partial charge in [0, 0.05) is 11.6 Å². The van der Waals surface area contributed by atoms with Crippen molar-refractivity contribution in [2.45, 2.75) is 6.61 Å². The van der Waals surface area contributed by atoms with E-state index < -0.39 is 17.2 Å². The van der Waals surface area contributed by atoms with E-state index in [1.807, 2.05) is 12.1 Å². The molecule has 7 nitrogen and oxygen atoms in total. The van der Waals surface area contributed by atoms with E-state index >= 15 is 0 Å². The van der Waals surface area contributed by atoms with Gasteiger partial charge in [0.1, 0.15) is 24.1 Å². The molecule has 4 aromatic rings. The van der Waals surface area contributed by atoms with Crippen LogP contribution in [0.15, 0.2) is 82.7 Å². The number of hydrazone groups is 1. The Morgan fingerprint density at radius 2 is 1.91 bits per heavy atom. The second kappa shape index (κ2) is 10.2. The number of aromatic amines is 1. The molecule has 0 amide bonds. The molecular formula is C25H17F2N5O2. The summed E-state index contributed by atoms with van der Waals surface area (Å²) in [5.41, 5.74) is 4.25. The molecule has 1 aromatic heterocycles. The average molecular weight is 457 g/mol. The van der Waals surface area contributed by atoms with Gasteiger partial charge in [-0.2, -0.15) is 10.4 Å². The van der Waals surface area contributed by atoms with E-state index in [0.29, 0.717) is 16.7 Å². The summed E-state index contributed by atoms with van der Waals surface area (Å²) in [5.74, 6) is -1.35. The Morgan fingerprint density at radius 1 is 1.09 bits per heavy atom. The number of nitrogens with one attached hydrogen (secondary N) is 2. The van der Waals surface area contributed by atoms with Crippen molar-refractivity contribution in [3.8, 4) is 23.1 Å². The fourth-order valence-electron chi connectivity index (χ4n) is 3.11. The monoisotopic (exact) mass is 457 g/mol. The zero-order valence-corrected chi connectivity index (χ0v) is 17.6. The van der Waals surface area contributed by atoms with Gasteiger partial charge in [0.15, 0.2) is 11.6 Å². The van der Waals surface area contributed by atoms with Gasteiger partial charge in [-0.25, -0.2) is 19.2 Å². The van der Waals surface area contributed by atoms with E-state index in [1.165, 1.54) is 6.21 Å². The topological polar surface area (TPSA) is 103 Å². The molecule has 9 heteroatoms. The van der Waals surface area contributed by atoms with Crippen LogP contribution in [0, 0.1) is 23.0 Å². The third kappa shape index (κ3) is 5.31. The number of benzene rings is 3. The lowest BCUT2D eigenvalue weighted by Crippen LogP contribution is -2.16. The Kier molecular flexibility index (Phi) is 6.70. The first-order chi connectivity index (χ1) is 16.5. The molecule has 4 rings (SSSR count). The van der Waals surface area contributed by atoms with Crippen molar-refractivity contribution in [1.29, 1.82) is 5.26 Å². The quantitative estimate of drug-likeness (QED) is 0.312. The largest absolute Gasteiger partial charge is 0.486 e. The Balaban J connectivity index is 1.48. The lowest BCUT2D eigenvalue weighted by atomic mass is 10.1. The van der Waals surface area contributed by atoms with Crippen LogP contribution in [-0.2, 0) is 6.61 Å². The number of rotatable bonds is 7. The molecule has 0 spiro atoms. The van der Waals surface area contributed by atoms with E-state index in [2.05, 4.69) is 20.5 Å². The fraction of sp³-hybridized carbons (Fsp3) is 0.0400. The maximum Gasteiger partial charge on any atom is 0.270 e. The molecule has 0 saturated carbocycles. The summed E-state index contributed by atoms with van der Waals surface area (Å²) in [5, 5.41) is 13.4. The molecule has 2 N–H and O–H groups in total. The van der Waals surface area contributed by atoms with Crippen LogP contribution in [0.1, 0.15) is 16.7 Å². The molecule has 1 heterocycles. The normalized spacial score (nSPS) is 10.7. The van der Waals surface area contributed by atoms with Crippen LogP contribution in [0.25, 0.3) is 11.3 Å². The van der Waals surface area contributed by atoms with Gasteiger partial charge in [0.2, 0.25) is 5.95 Å². The van der Waals surface area contributed by atoms with Crippen LogP contribution in [0.3, 0.4) is 0 Å². The summed E-state index contributed by atoms with van der Waals surface area (Å²) in [4.78, 5) is 19.1. The van der Waals surface area contributed by atoms with Crippen molar-refractivity contribution in [1.82, 2.24) is 9.97 Å². The van der Waals surface area contributed by atoms with Crippen molar-refractivity contribution in [2.75, 3.05) is 5.43 Å². The minimum Gasteiger partial charge on any atom is -0.486 e. The standard InChI is InChI=1S/C25H17F2N5O2/c26-19-9-10-21(27)22(12-19)34-15-17-6-4-5-16(11-17)14-29-32-25-30-23(18-7-2-1-3-8-18)20(13-28)24(33)31-25/h1-12,14H,15H2,(H2,30,31,32,33). The van der Waals surface area contributed by atoms with Crippen molar-refractivity contribution >= 4 is 12.2 Å². The predicted octanol–water partition coefficient (Wildman–Crippen LogP) is 4.61. The smallest absolute Gasteiger partial charge is 0.270 e. The number of nitrogens with zero attached hydrogens (tertiary/aromatic N) is 3. The van der Waals surface area contributed by atoms with Crippen LogP contribution < -0.4 is 15.7 Å². The number of nitriles is 1. The van der Waals surface area contributed by atoms with Crippen molar-refractivity contribution in [2.24, 2.45) is 5.10 Å². The second-order valence-corrected chi connectivity index (χ2v) is 7.09. The molecule has 0 saturated heterocycles. The summed E-state index contributed by atoms with van der Waals surface area (Å²) in [6.45, 7) is 0.0282. The number of anilines is 1. The maximum atomic E-state index is 13.7. The molecule has 0 radical (unpaired) electrons. The molecule has 3 aromatic carbocycles. The third-order valence-electron chi connectivity index (χ3n) is 4.70. The zero-order chi connectivity index (χ0) is 23.9. The summed E-state index contributed by atoms with van der Waals surface area (Å²) < 4.78 is 32.4. The van der Waals surface area contributed by atoms with Crippen molar-refractivity contribution in [3.05, 3.63) is 111 Å². The molecule has 0 aliphatic rings. The molecule has 0 aliphatic carbocycles. The highest BCUT2D eigenvalue weighted by Gasteiger charge is 2.12. The van der Waals surface area contributed by atoms with Gasteiger partial charge in [-0.1, -0.05) is 48.5 Å². The van der Waals surface area contributed by atoms with Crippen LogP contribution in [0.5, 0.6) is 5.75 Å². The molecule has 0 aliphatic heterocycles. The van der Waals surface area contributed by atoms with Gasteiger partial charge >= 0.3 is 0 Å². The molecule has 0 fully saturated rings. The Morgan fingerprint density at radius 3 is 2.71 bits per heavy atom. The van der Waals surface area contributed by atoms with E-state index in [-0.39, 0.29) is 29.6 Å². The first kappa shape index (κ1) is 22.4. The molecule has 0 unspecified atom stereocenters. The highest BCUT2D eigenvalue weighted by molar-refractivity contribution is 5.80. The van der Waals surface area contributed by atoms with E-state index in [9.17, 15) is 18.8 Å². The minimum atomic E-state index is -0.651. The Hall–Kier alpha value is -4.84. The van der Waals surface area contributed by atoms with Gasteiger partial charge in [-0.05, 0) is 29.3 Å².